The van der Waals surface area contributed by atoms with Crippen molar-refractivity contribution in [1.82, 2.24) is 0 Å². The maximum atomic E-state index is 14.4. The van der Waals surface area contributed by atoms with Crippen molar-refractivity contribution in [2.24, 2.45) is 0 Å². The van der Waals surface area contributed by atoms with Gasteiger partial charge in [0.05, 0.1) is 11.8 Å². The van der Waals surface area contributed by atoms with Crippen molar-refractivity contribution in [3.63, 3.8) is 0 Å². The Kier molecular flexibility index (Phi) is 5.58. The first kappa shape index (κ1) is 18.8. The summed E-state index contributed by atoms with van der Waals surface area (Å²) in [5.74, 6) is -2.70. The lowest BCUT2D eigenvalue weighted by Gasteiger charge is -2.31. The van der Waals surface area contributed by atoms with Crippen LogP contribution in [-0.2, 0) is 13.0 Å². The number of benzene rings is 2. The molecule has 2 aromatic rings. The molecular weight excluding hydrogens is 383 g/mol. The summed E-state index contributed by atoms with van der Waals surface area (Å²) in [4.78, 5) is 24.9. The lowest BCUT2D eigenvalue weighted by molar-refractivity contribution is 0.101. The molecule has 0 unspecified atom stereocenters. The van der Waals surface area contributed by atoms with E-state index in [2.05, 4.69) is 0 Å². The molecule has 0 atom stereocenters. The Bertz CT molecular complexity index is 863. The van der Waals surface area contributed by atoms with Crippen molar-refractivity contribution in [2.75, 3.05) is 23.2 Å². The molecule has 0 aliphatic carbocycles. The van der Waals surface area contributed by atoms with E-state index in [0.717, 1.165) is 23.3 Å². The molecule has 1 aliphatic heterocycles. The van der Waals surface area contributed by atoms with E-state index in [1.54, 1.807) is 23.1 Å². The van der Waals surface area contributed by atoms with E-state index in [-0.39, 0.29) is 28.8 Å². The number of fused-ring (bicyclic) bond motifs is 1. The quantitative estimate of drug-likeness (QED) is 0.555. The molecule has 0 spiro atoms. The Morgan fingerprint density at radius 1 is 0.923 bits per heavy atom. The lowest BCUT2D eigenvalue weighted by Crippen LogP contribution is -2.32. The minimum absolute atomic E-state index is 0.0830. The summed E-state index contributed by atoms with van der Waals surface area (Å²) in [6.07, 6.45) is 0.542. The fraction of sp³-hybridized carbons (Fsp3) is 0.263. The fourth-order valence-electron chi connectivity index (χ4n) is 3.10. The summed E-state index contributed by atoms with van der Waals surface area (Å²) in [6, 6.07) is 7.26. The van der Waals surface area contributed by atoms with Crippen LogP contribution in [0.25, 0.3) is 0 Å². The summed E-state index contributed by atoms with van der Waals surface area (Å²) in [5.41, 5.74) is 2.14. The number of Topliss-reactive ketones (excluding diaryl/α,β-unsaturated/α-hetero) is 2. The van der Waals surface area contributed by atoms with Gasteiger partial charge < -0.3 is 4.90 Å². The van der Waals surface area contributed by atoms with E-state index in [1.165, 1.54) is 0 Å². The van der Waals surface area contributed by atoms with Gasteiger partial charge in [-0.3, -0.25) is 9.59 Å². The van der Waals surface area contributed by atoms with Crippen LogP contribution in [0.5, 0.6) is 0 Å². The van der Waals surface area contributed by atoms with Crippen molar-refractivity contribution in [3.05, 3.63) is 64.2 Å². The molecule has 1 heterocycles. The van der Waals surface area contributed by atoms with Gasteiger partial charge in [-0.1, -0.05) is 12.1 Å². The van der Waals surface area contributed by atoms with Crippen LogP contribution in [-0.4, -0.2) is 29.9 Å². The normalized spacial score (nSPS) is 13.5. The van der Waals surface area contributed by atoms with Gasteiger partial charge in [0.25, 0.3) is 0 Å². The topological polar surface area (TPSA) is 37.4 Å². The molecule has 0 N–H and O–H groups in total. The summed E-state index contributed by atoms with van der Waals surface area (Å²) >= 11 is 11.0. The van der Waals surface area contributed by atoms with Crippen LogP contribution in [0, 0.1) is 11.6 Å². The summed E-state index contributed by atoms with van der Waals surface area (Å²) in [6.45, 7) is 0.698. The molecule has 3 rings (SSSR count). The van der Waals surface area contributed by atoms with Crippen LogP contribution in [0.15, 0.2) is 30.3 Å². The third-order valence-electron chi connectivity index (χ3n) is 4.44. The Hall–Kier alpha value is -1.98. The maximum Gasteiger partial charge on any atom is 0.177 e. The molecule has 0 fully saturated rings. The molecular formula is C19H15Cl2F2NO2. The van der Waals surface area contributed by atoms with Crippen molar-refractivity contribution >= 4 is 40.5 Å². The number of alkyl halides is 2. The molecule has 1 aliphatic rings. The maximum absolute atomic E-state index is 14.4. The first-order valence-corrected chi connectivity index (χ1v) is 9.05. The second-order valence-electron chi connectivity index (χ2n) is 6.06. The first-order valence-electron chi connectivity index (χ1n) is 7.98. The second-order valence-corrected chi connectivity index (χ2v) is 6.59. The number of carbonyl (C=O) groups is 2. The number of halogens is 4. The Balaban J connectivity index is 1.89. The number of ketones is 2. The van der Waals surface area contributed by atoms with E-state index in [4.69, 9.17) is 23.2 Å². The number of hydrogen-bond donors (Lipinski definition) is 0. The van der Waals surface area contributed by atoms with Gasteiger partial charge in [0.15, 0.2) is 11.6 Å². The molecule has 26 heavy (non-hydrogen) atoms. The van der Waals surface area contributed by atoms with Gasteiger partial charge in [-0.15, -0.1) is 23.2 Å². The van der Waals surface area contributed by atoms with Crippen LogP contribution >= 0.6 is 23.2 Å². The minimum atomic E-state index is -0.796. The predicted octanol–water partition coefficient (Wildman–Crippen LogP) is 4.37. The molecule has 0 saturated carbocycles. The monoisotopic (exact) mass is 397 g/mol. The number of carbonyl (C=O) groups excluding carboxylic acids is 2. The number of nitrogens with zero attached hydrogens (tertiary/aromatic N) is 1. The molecule has 136 valence electrons. The zero-order valence-corrected chi connectivity index (χ0v) is 15.2. The molecule has 0 saturated heterocycles. The SMILES string of the molecule is O=C(CCl)c1cc(F)c(N2CCc3cc(C(=O)CCl)ccc3C2)c(F)c1. The van der Waals surface area contributed by atoms with Crippen molar-refractivity contribution in [3.8, 4) is 0 Å². The highest BCUT2D eigenvalue weighted by Gasteiger charge is 2.24. The summed E-state index contributed by atoms with van der Waals surface area (Å²) in [7, 11) is 0. The van der Waals surface area contributed by atoms with Gasteiger partial charge in [0.2, 0.25) is 0 Å². The van der Waals surface area contributed by atoms with Gasteiger partial charge in [0, 0.05) is 24.2 Å². The largest absolute Gasteiger partial charge is 0.362 e. The summed E-state index contributed by atoms with van der Waals surface area (Å²) < 4.78 is 28.9. The van der Waals surface area contributed by atoms with Gasteiger partial charge in [-0.05, 0) is 35.7 Å². The molecule has 7 heteroatoms. The summed E-state index contributed by atoms with van der Waals surface area (Å²) in [5, 5.41) is 0. The third-order valence-corrected chi connectivity index (χ3v) is 4.92. The van der Waals surface area contributed by atoms with Crippen molar-refractivity contribution in [1.29, 1.82) is 0 Å². The Morgan fingerprint density at radius 3 is 2.15 bits per heavy atom. The van der Waals surface area contributed by atoms with Gasteiger partial charge in [-0.2, -0.15) is 0 Å². The highest BCUT2D eigenvalue weighted by atomic mass is 35.5. The molecule has 0 radical (unpaired) electrons. The molecule has 0 amide bonds. The van der Waals surface area contributed by atoms with E-state index in [1.807, 2.05) is 0 Å². The molecule has 0 bridgehead atoms. The zero-order chi connectivity index (χ0) is 18.8. The van der Waals surface area contributed by atoms with Crippen LogP contribution in [0.1, 0.15) is 31.8 Å². The molecule has 3 nitrogen and oxygen atoms in total. The third kappa shape index (κ3) is 3.60. The fourth-order valence-corrected chi connectivity index (χ4v) is 3.41. The zero-order valence-electron chi connectivity index (χ0n) is 13.7. The molecule has 2 aromatic carbocycles. The van der Waals surface area contributed by atoms with E-state index < -0.39 is 17.4 Å². The van der Waals surface area contributed by atoms with Crippen LogP contribution in [0.4, 0.5) is 14.5 Å². The van der Waals surface area contributed by atoms with E-state index in [0.29, 0.717) is 25.1 Å². The highest BCUT2D eigenvalue weighted by Crippen LogP contribution is 2.30. The first-order chi connectivity index (χ1) is 12.4. The minimum Gasteiger partial charge on any atom is -0.362 e. The highest BCUT2D eigenvalue weighted by molar-refractivity contribution is 6.30. The van der Waals surface area contributed by atoms with Crippen molar-refractivity contribution in [2.45, 2.75) is 13.0 Å². The lowest BCUT2D eigenvalue weighted by atomic mass is 9.95. The average Bonchev–Trinajstić information content (AvgIpc) is 2.65. The molecule has 0 aromatic heterocycles. The Morgan fingerprint density at radius 2 is 1.54 bits per heavy atom. The van der Waals surface area contributed by atoms with Crippen LogP contribution < -0.4 is 4.90 Å². The number of anilines is 1. The van der Waals surface area contributed by atoms with Gasteiger partial charge in [0.1, 0.15) is 17.3 Å². The van der Waals surface area contributed by atoms with Gasteiger partial charge in [-0.25, -0.2) is 8.78 Å². The van der Waals surface area contributed by atoms with E-state index in [9.17, 15) is 18.4 Å². The average molecular weight is 398 g/mol. The van der Waals surface area contributed by atoms with Crippen LogP contribution in [0.2, 0.25) is 0 Å². The number of hydrogen-bond acceptors (Lipinski definition) is 3. The standard InChI is InChI=1S/C19H15Cl2F2NO2/c20-8-17(25)12-1-2-13-10-24(4-3-11(13)5-12)19-15(22)6-14(7-16(19)23)18(26)9-21/h1-2,5-7H,3-4,8-10H2. The smallest absolute Gasteiger partial charge is 0.177 e. The van der Waals surface area contributed by atoms with Crippen LogP contribution in [0.3, 0.4) is 0 Å². The van der Waals surface area contributed by atoms with Gasteiger partial charge >= 0.3 is 0 Å². The number of rotatable bonds is 5. The Labute approximate surface area is 159 Å². The van der Waals surface area contributed by atoms with E-state index >= 15 is 0 Å². The van der Waals surface area contributed by atoms with Crippen molar-refractivity contribution < 1.29 is 18.4 Å². The second kappa shape index (κ2) is 7.72. The predicted molar refractivity (Wildman–Crippen MR) is 97.7 cm³/mol.